The minimum atomic E-state index is -1.11. The molecule has 16 heavy (non-hydrogen) atoms. The van der Waals surface area contributed by atoms with Crippen LogP contribution in [-0.2, 0) is 4.74 Å². The molecule has 0 fully saturated rings. The Balaban J connectivity index is 3.34. The Hall–Kier alpha value is -1.84. The SMILES string of the molecule is CCOC(=O)c1ccc(C)c(C)c1C(=O)O. The third-order valence-corrected chi connectivity index (χ3v) is 2.45. The summed E-state index contributed by atoms with van der Waals surface area (Å²) in [6.45, 7) is 5.39. The molecule has 0 amide bonds. The van der Waals surface area contributed by atoms with E-state index < -0.39 is 11.9 Å². The third-order valence-electron chi connectivity index (χ3n) is 2.45. The zero-order chi connectivity index (χ0) is 12.3. The quantitative estimate of drug-likeness (QED) is 0.796. The van der Waals surface area contributed by atoms with Gasteiger partial charge in [0.1, 0.15) is 0 Å². The van der Waals surface area contributed by atoms with E-state index in [1.54, 1.807) is 26.8 Å². The zero-order valence-electron chi connectivity index (χ0n) is 9.53. The lowest BCUT2D eigenvalue weighted by atomic mass is 9.98. The van der Waals surface area contributed by atoms with Gasteiger partial charge >= 0.3 is 11.9 Å². The Labute approximate surface area is 93.9 Å². The van der Waals surface area contributed by atoms with Crippen LogP contribution in [0, 0.1) is 13.8 Å². The number of aromatic carboxylic acids is 1. The Kier molecular flexibility index (Phi) is 3.66. The van der Waals surface area contributed by atoms with E-state index in [1.165, 1.54) is 6.07 Å². The molecule has 0 spiro atoms. The average molecular weight is 222 g/mol. The lowest BCUT2D eigenvalue weighted by Gasteiger charge is -2.10. The number of carboxylic acids is 1. The molecule has 1 aromatic carbocycles. The summed E-state index contributed by atoms with van der Waals surface area (Å²) in [5.41, 5.74) is 1.57. The van der Waals surface area contributed by atoms with Gasteiger partial charge in [0.05, 0.1) is 17.7 Å². The number of esters is 1. The summed E-state index contributed by atoms with van der Waals surface area (Å²) < 4.78 is 4.81. The molecular formula is C12H14O4. The van der Waals surface area contributed by atoms with Crippen molar-refractivity contribution in [1.82, 2.24) is 0 Å². The van der Waals surface area contributed by atoms with Crippen molar-refractivity contribution in [2.75, 3.05) is 6.61 Å². The van der Waals surface area contributed by atoms with Crippen LogP contribution in [-0.4, -0.2) is 23.7 Å². The van der Waals surface area contributed by atoms with Crippen molar-refractivity contribution >= 4 is 11.9 Å². The molecular weight excluding hydrogens is 208 g/mol. The van der Waals surface area contributed by atoms with Crippen molar-refractivity contribution in [2.45, 2.75) is 20.8 Å². The number of rotatable bonds is 3. The van der Waals surface area contributed by atoms with Crippen molar-refractivity contribution in [3.63, 3.8) is 0 Å². The minimum Gasteiger partial charge on any atom is -0.478 e. The van der Waals surface area contributed by atoms with E-state index in [9.17, 15) is 9.59 Å². The maximum Gasteiger partial charge on any atom is 0.339 e. The number of carboxylic acid groups (broad SMARTS) is 1. The molecule has 0 aromatic heterocycles. The van der Waals surface area contributed by atoms with Crippen LogP contribution in [0.5, 0.6) is 0 Å². The van der Waals surface area contributed by atoms with Crippen LogP contribution in [0.15, 0.2) is 12.1 Å². The lowest BCUT2D eigenvalue weighted by Crippen LogP contribution is -2.13. The van der Waals surface area contributed by atoms with Crippen molar-refractivity contribution in [2.24, 2.45) is 0 Å². The molecule has 0 aliphatic heterocycles. The van der Waals surface area contributed by atoms with Gasteiger partial charge in [-0.25, -0.2) is 9.59 Å². The monoisotopic (exact) mass is 222 g/mol. The van der Waals surface area contributed by atoms with Crippen molar-refractivity contribution in [3.8, 4) is 0 Å². The predicted octanol–water partition coefficient (Wildman–Crippen LogP) is 2.18. The topological polar surface area (TPSA) is 63.6 Å². The second kappa shape index (κ2) is 4.79. The maximum atomic E-state index is 11.5. The summed E-state index contributed by atoms with van der Waals surface area (Å²) >= 11 is 0. The molecule has 0 radical (unpaired) electrons. The molecule has 1 aromatic rings. The summed E-state index contributed by atoms with van der Waals surface area (Å²) in [6, 6.07) is 3.21. The van der Waals surface area contributed by atoms with E-state index in [-0.39, 0.29) is 17.7 Å². The predicted molar refractivity (Wildman–Crippen MR) is 58.8 cm³/mol. The molecule has 4 nitrogen and oxygen atoms in total. The van der Waals surface area contributed by atoms with Crippen LogP contribution in [0.1, 0.15) is 38.8 Å². The molecule has 4 heteroatoms. The van der Waals surface area contributed by atoms with E-state index in [0.717, 1.165) is 5.56 Å². The molecule has 0 bridgehead atoms. The highest BCUT2D eigenvalue weighted by molar-refractivity contribution is 6.03. The molecule has 86 valence electrons. The van der Waals surface area contributed by atoms with Crippen molar-refractivity contribution in [1.29, 1.82) is 0 Å². The van der Waals surface area contributed by atoms with Gasteiger partial charge in [0, 0.05) is 0 Å². The third kappa shape index (κ3) is 2.21. The number of hydrogen-bond acceptors (Lipinski definition) is 3. The van der Waals surface area contributed by atoms with E-state index in [4.69, 9.17) is 9.84 Å². The molecule has 1 N–H and O–H groups in total. The van der Waals surface area contributed by atoms with Gasteiger partial charge in [0.15, 0.2) is 0 Å². The summed E-state index contributed by atoms with van der Waals surface area (Å²) in [5, 5.41) is 9.08. The first-order valence-corrected chi connectivity index (χ1v) is 4.99. The standard InChI is InChI=1S/C12H14O4/c1-4-16-12(15)9-6-5-7(2)8(3)10(9)11(13)14/h5-6H,4H2,1-3H3,(H,13,14). The van der Waals surface area contributed by atoms with E-state index in [0.29, 0.717) is 5.56 Å². The van der Waals surface area contributed by atoms with Crippen molar-refractivity contribution < 1.29 is 19.4 Å². The van der Waals surface area contributed by atoms with Crippen LogP contribution >= 0.6 is 0 Å². The highest BCUT2D eigenvalue weighted by Crippen LogP contribution is 2.19. The van der Waals surface area contributed by atoms with Gasteiger partial charge in [0.25, 0.3) is 0 Å². The Morgan fingerprint density at radius 3 is 2.44 bits per heavy atom. The van der Waals surface area contributed by atoms with Crippen LogP contribution in [0.4, 0.5) is 0 Å². The van der Waals surface area contributed by atoms with Gasteiger partial charge in [-0.3, -0.25) is 0 Å². The van der Waals surface area contributed by atoms with Crippen LogP contribution in [0.2, 0.25) is 0 Å². The zero-order valence-corrected chi connectivity index (χ0v) is 9.53. The molecule has 0 unspecified atom stereocenters. The Morgan fingerprint density at radius 2 is 1.94 bits per heavy atom. The molecule has 0 saturated heterocycles. The first-order valence-electron chi connectivity index (χ1n) is 4.99. The lowest BCUT2D eigenvalue weighted by molar-refractivity contribution is 0.0514. The van der Waals surface area contributed by atoms with Gasteiger partial charge in [-0.15, -0.1) is 0 Å². The number of ether oxygens (including phenoxy) is 1. The van der Waals surface area contributed by atoms with Crippen LogP contribution in [0.3, 0.4) is 0 Å². The highest BCUT2D eigenvalue weighted by atomic mass is 16.5. The minimum absolute atomic E-state index is 0.0263. The van der Waals surface area contributed by atoms with Crippen LogP contribution in [0.25, 0.3) is 0 Å². The molecule has 0 atom stereocenters. The van der Waals surface area contributed by atoms with Gasteiger partial charge < -0.3 is 9.84 Å². The molecule has 0 saturated carbocycles. The van der Waals surface area contributed by atoms with E-state index >= 15 is 0 Å². The second-order valence-electron chi connectivity index (χ2n) is 3.46. The normalized spacial score (nSPS) is 9.94. The number of hydrogen-bond donors (Lipinski definition) is 1. The first-order chi connectivity index (χ1) is 7.49. The number of carbonyl (C=O) groups is 2. The van der Waals surface area contributed by atoms with Gasteiger partial charge in [-0.1, -0.05) is 6.07 Å². The number of aryl methyl sites for hydroxylation is 1. The fourth-order valence-electron chi connectivity index (χ4n) is 1.47. The summed E-state index contributed by atoms with van der Waals surface area (Å²) in [5.74, 6) is -1.70. The summed E-state index contributed by atoms with van der Waals surface area (Å²) in [6.07, 6.45) is 0. The van der Waals surface area contributed by atoms with Gasteiger partial charge in [-0.2, -0.15) is 0 Å². The Bertz CT molecular complexity index is 435. The van der Waals surface area contributed by atoms with Gasteiger partial charge in [0.2, 0.25) is 0 Å². The van der Waals surface area contributed by atoms with Crippen molar-refractivity contribution in [3.05, 3.63) is 34.4 Å². The number of carbonyl (C=O) groups excluding carboxylic acids is 1. The van der Waals surface area contributed by atoms with E-state index in [2.05, 4.69) is 0 Å². The fraction of sp³-hybridized carbons (Fsp3) is 0.333. The highest BCUT2D eigenvalue weighted by Gasteiger charge is 2.20. The molecule has 0 aliphatic rings. The maximum absolute atomic E-state index is 11.5. The molecule has 0 heterocycles. The smallest absolute Gasteiger partial charge is 0.339 e. The largest absolute Gasteiger partial charge is 0.478 e. The Morgan fingerprint density at radius 1 is 1.31 bits per heavy atom. The molecule has 1 rings (SSSR count). The summed E-state index contributed by atoms with van der Waals surface area (Å²) in [7, 11) is 0. The van der Waals surface area contributed by atoms with Crippen LogP contribution < -0.4 is 0 Å². The summed E-state index contributed by atoms with van der Waals surface area (Å²) in [4.78, 5) is 22.6. The molecule has 0 aliphatic carbocycles. The van der Waals surface area contributed by atoms with E-state index in [1.807, 2.05) is 0 Å². The number of benzene rings is 1. The first kappa shape index (κ1) is 12.2. The fourth-order valence-corrected chi connectivity index (χ4v) is 1.47. The second-order valence-corrected chi connectivity index (χ2v) is 3.46. The van der Waals surface area contributed by atoms with Gasteiger partial charge in [-0.05, 0) is 38.0 Å². The average Bonchev–Trinajstić information content (AvgIpc) is 2.21.